The number of nitrogens with one attached hydrogen (secondary N) is 2. The summed E-state index contributed by atoms with van der Waals surface area (Å²) in [5, 5.41) is 9.84. The number of aryl methyl sites for hydroxylation is 3. The van der Waals surface area contributed by atoms with E-state index in [1.54, 1.807) is 6.20 Å². The molecule has 0 saturated carbocycles. The molecule has 0 fully saturated rings. The molecule has 2 aromatic heterocycles. The number of rotatable bonds is 6. The molecule has 3 aromatic rings. The molecule has 1 atom stereocenters. The summed E-state index contributed by atoms with van der Waals surface area (Å²) in [6.07, 6.45) is 6.65. The van der Waals surface area contributed by atoms with Crippen molar-refractivity contribution in [3.05, 3.63) is 65.5 Å². The summed E-state index contributed by atoms with van der Waals surface area (Å²) in [4.78, 5) is 16.4. The summed E-state index contributed by atoms with van der Waals surface area (Å²) in [6.45, 7) is 6.11. The Kier molecular flexibility index (Phi) is 4.97. The van der Waals surface area contributed by atoms with Gasteiger partial charge in [0.2, 0.25) is 5.91 Å². The number of nitrogens with zero attached hydrogens (tertiary/aromatic N) is 3. The monoisotopic (exact) mass is 337 g/mol. The van der Waals surface area contributed by atoms with Gasteiger partial charge in [0.1, 0.15) is 5.82 Å². The number of H-pyrrole nitrogens is 1. The third-order valence-corrected chi connectivity index (χ3v) is 4.49. The van der Waals surface area contributed by atoms with Crippen LogP contribution in [0.15, 0.2) is 42.9 Å². The van der Waals surface area contributed by atoms with Crippen molar-refractivity contribution in [1.82, 2.24) is 19.7 Å². The van der Waals surface area contributed by atoms with Crippen molar-refractivity contribution in [2.45, 2.75) is 39.7 Å². The standard InChI is InChI=1S/C19H23N5O/c1-13-12-21-23-18(13)8-9-19(25)22-17-6-4-16(5-7-17)14(2)24-11-10-20-15(24)3/h4-7,10-12,14H,8-9H2,1-3H3,(H,21,23)(H,22,25)/t14-/m0/s1. The Morgan fingerprint density at radius 3 is 2.64 bits per heavy atom. The number of anilines is 1. The molecule has 0 saturated heterocycles. The summed E-state index contributed by atoms with van der Waals surface area (Å²) >= 11 is 0. The van der Waals surface area contributed by atoms with Crippen LogP contribution in [0.5, 0.6) is 0 Å². The molecule has 6 heteroatoms. The lowest BCUT2D eigenvalue weighted by atomic mass is 10.1. The lowest BCUT2D eigenvalue weighted by Crippen LogP contribution is -2.13. The number of hydrogen-bond donors (Lipinski definition) is 2. The maximum atomic E-state index is 12.1. The van der Waals surface area contributed by atoms with Gasteiger partial charge in [0.15, 0.2) is 0 Å². The predicted molar refractivity (Wildman–Crippen MR) is 97.5 cm³/mol. The number of imidazole rings is 1. The van der Waals surface area contributed by atoms with Crippen molar-refractivity contribution in [2.75, 3.05) is 5.32 Å². The molecule has 2 heterocycles. The van der Waals surface area contributed by atoms with Gasteiger partial charge in [-0.15, -0.1) is 0 Å². The van der Waals surface area contributed by atoms with Gasteiger partial charge in [-0.1, -0.05) is 12.1 Å². The van der Waals surface area contributed by atoms with Crippen molar-refractivity contribution in [2.24, 2.45) is 0 Å². The van der Waals surface area contributed by atoms with Crippen LogP contribution in [0.2, 0.25) is 0 Å². The molecule has 1 aromatic carbocycles. The van der Waals surface area contributed by atoms with Crippen LogP contribution >= 0.6 is 0 Å². The van der Waals surface area contributed by atoms with Gasteiger partial charge in [0.05, 0.1) is 12.2 Å². The molecule has 0 bridgehead atoms. The van der Waals surface area contributed by atoms with Crippen molar-refractivity contribution in [3.8, 4) is 0 Å². The Morgan fingerprint density at radius 2 is 2.04 bits per heavy atom. The van der Waals surface area contributed by atoms with E-state index in [2.05, 4.69) is 32.0 Å². The lowest BCUT2D eigenvalue weighted by Gasteiger charge is -2.16. The molecular formula is C19H23N5O. The van der Waals surface area contributed by atoms with E-state index in [0.29, 0.717) is 12.8 Å². The first-order chi connectivity index (χ1) is 12.0. The second-order valence-corrected chi connectivity index (χ2v) is 6.26. The molecule has 0 aliphatic carbocycles. The quantitative estimate of drug-likeness (QED) is 0.724. The van der Waals surface area contributed by atoms with Crippen LogP contribution in [0.3, 0.4) is 0 Å². The highest BCUT2D eigenvalue weighted by Crippen LogP contribution is 2.21. The summed E-state index contributed by atoms with van der Waals surface area (Å²) < 4.78 is 2.13. The number of aromatic nitrogens is 4. The second kappa shape index (κ2) is 7.34. The molecule has 0 unspecified atom stereocenters. The zero-order chi connectivity index (χ0) is 17.8. The second-order valence-electron chi connectivity index (χ2n) is 6.26. The van der Waals surface area contributed by atoms with Gasteiger partial charge >= 0.3 is 0 Å². The fourth-order valence-corrected chi connectivity index (χ4v) is 2.89. The van der Waals surface area contributed by atoms with E-state index in [1.165, 1.54) is 5.56 Å². The summed E-state index contributed by atoms with van der Waals surface area (Å²) in [6, 6.07) is 8.17. The predicted octanol–water partition coefficient (Wildman–Crippen LogP) is 3.40. The molecule has 25 heavy (non-hydrogen) atoms. The maximum absolute atomic E-state index is 12.1. The SMILES string of the molecule is Cc1cn[nH]c1CCC(=O)Nc1ccc([C@H](C)n2ccnc2C)cc1. The normalized spacial score (nSPS) is 12.1. The Balaban J connectivity index is 1.58. The first-order valence-electron chi connectivity index (χ1n) is 8.42. The van der Waals surface area contributed by atoms with Crippen molar-refractivity contribution >= 4 is 11.6 Å². The first-order valence-corrected chi connectivity index (χ1v) is 8.42. The number of carbonyl (C=O) groups is 1. The molecule has 6 nitrogen and oxygen atoms in total. The molecule has 0 aliphatic rings. The average molecular weight is 337 g/mol. The van der Waals surface area contributed by atoms with E-state index < -0.39 is 0 Å². The first kappa shape index (κ1) is 17.0. The average Bonchev–Trinajstić information content (AvgIpc) is 3.21. The Hall–Kier alpha value is -2.89. The fourth-order valence-electron chi connectivity index (χ4n) is 2.89. The minimum Gasteiger partial charge on any atom is -0.328 e. The summed E-state index contributed by atoms with van der Waals surface area (Å²) in [7, 11) is 0. The highest BCUT2D eigenvalue weighted by Gasteiger charge is 2.10. The van der Waals surface area contributed by atoms with Gasteiger partial charge in [0.25, 0.3) is 0 Å². The maximum Gasteiger partial charge on any atom is 0.224 e. The van der Waals surface area contributed by atoms with E-state index in [1.807, 2.05) is 50.5 Å². The van der Waals surface area contributed by atoms with Crippen molar-refractivity contribution < 1.29 is 4.79 Å². The van der Waals surface area contributed by atoms with Crippen LogP contribution in [0.25, 0.3) is 0 Å². The van der Waals surface area contributed by atoms with E-state index in [0.717, 1.165) is 22.8 Å². The molecule has 0 aliphatic heterocycles. The van der Waals surface area contributed by atoms with Gasteiger partial charge < -0.3 is 9.88 Å². The van der Waals surface area contributed by atoms with Crippen LogP contribution in [-0.2, 0) is 11.2 Å². The van der Waals surface area contributed by atoms with E-state index >= 15 is 0 Å². The topological polar surface area (TPSA) is 75.6 Å². The third kappa shape index (κ3) is 3.96. The molecule has 130 valence electrons. The lowest BCUT2D eigenvalue weighted by molar-refractivity contribution is -0.116. The van der Waals surface area contributed by atoms with Crippen LogP contribution in [0.1, 0.15) is 42.0 Å². The number of hydrogen-bond acceptors (Lipinski definition) is 3. The Bertz CT molecular complexity index is 847. The van der Waals surface area contributed by atoms with Crippen LogP contribution in [0, 0.1) is 13.8 Å². The highest BCUT2D eigenvalue weighted by atomic mass is 16.1. The molecule has 1 amide bonds. The molecule has 3 rings (SSSR count). The number of carbonyl (C=O) groups excluding carboxylic acids is 1. The van der Waals surface area contributed by atoms with Crippen LogP contribution < -0.4 is 5.32 Å². The van der Waals surface area contributed by atoms with Gasteiger partial charge in [0, 0.05) is 30.2 Å². The van der Waals surface area contributed by atoms with Crippen molar-refractivity contribution in [1.29, 1.82) is 0 Å². The van der Waals surface area contributed by atoms with Gasteiger partial charge in [-0.05, 0) is 50.5 Å². The Labute approximate surface area is 147 Å². The number of amides is 1. The molecule has 0 spiro atoms. The number of aromatic amines is 1. The molecule has 0 radical (unpaired) electrons. The Morgan fingerprint density at radius 1 is 1.28 bits per heavy atom. The van der Waals surface area contributed by atoms with Gasteiger partial charge in [-0.2, -0.15) is 5.10 Å². The van der Waals surface area contributed by atoms with Gasteiger partial charge in [-0.25, -0.2) is 4.98 Å². The van der Waals surface area contributed by atoms with Crippen molar-refractivity contribution in [3.63, 3.8) is 0 Å². The van der Waals surface area contributed by atoms with E-state index in [-0.39, 0.29) is 11.9 Å². The number of benzene rings is 1. The summed E-state index contributed by atoms with van der Waals surface area (Å²) in [5.74, 6) is 0.985. The van der Waals surface area contributed by atoms with Gasteiger partial charge in [-0.3, -0.25) is 9.89 Å². The zero-order valence-corrected chi connectivity index (χ0v) is 14.8. The highest BCUT2D eigenvalue weighted by molar-refractivity contribution is 5.90. The largest absolute Gasteiger partial charge is 0.328 e. The van der Waals surface area contributed by atoms with E-state index in [4.69, 9.17) is 0 Å². The molecule has 2 N–H and O–H groups in total. The minimum atomic E-state index is 0.000234. The fraction of sp³-hybridized carbons (Fsp3) is 0.316. The zero-order valence-electron chi connectivity index (χ0n) is 14.8. The summed E-state index contributed by atoms with van der Waals surface area (Å²) in [5.41, 5.74) is 4.08. The minimum absolute atomic E-state index is 0.000234. The molecular weight excluding hydrogens is 314 g/mol. The van der Waals surface area contributed by atoms with Crippen LogP contribution in [-0.4, -0.2) is 25.7 Å². The van der Waals surface area contributed by atoms with Crippen LogP contribution in [0.4, 0.5) is 5.69 Å². The smallest absolute Gasteiger partial charge is 0.224 e. The van der Waals surface area contributed by atoms with E-state index in [9.17, 15) is 4.79 Å². The third-order valence-electron chi connectivity index (χ3n) is 4.49.